The number of ether oxygens (including phenoxy) is 1. The van der Waals surface area contributed by atoms with Crippen LogP contribution in [0, 0.1) is 11.8 Å². The first-order valence-corrected chi connectivity index (χ1v) is 20.8. The number of carbonyl (C=O) groups is 4. The predicted molar refractivity (Wildman–Crippen MR) is 196 cm³/mol. The molecule has 0 aromatic heterocycles. The highest BCUT2D eigenvalue weighted by atomic mass is 32.2. The first-order valence-electron chi connectivity index (χ1n) is 19.3. The van der Waals surface area contributed by atoms with Crippen molar-refractivity contribution in [3.63, 3.8) is 0 Å². The van der Waals surface area contributed by atoms with Crippen molar-refractivity contribution in [2.24, 2.45) is 11.8 Å². The molecule has 0 radical (unpaired) electrons. The lowest BCUT2D eigenvalue weighted by Gasteiger charge is -2.36. The van der Waals surface area contributed by atoms with Gasteiger partial charge in [-0.2, -0.15) is 0 Å². The molecule has 12 nitrogen and oxygen atoms in total. The number of amides is 4. The summed E-state index contributed by atoms with van der Waals surface area (Å²) in [5.74, 6) is -1.94. The Morgan fingerprint density at radius 1 is 1.04 bits per heavy atom. The number of benzene rings is 1. The third-order valence-electron chi connectivity index (χ3n) is 12.0. The van der Waals surface area contributed by atoms with Gasteiger partial charge < -0.3 is 20.3 Å². The van der Waals surface area contributed by atoms with E-state index in [4.69, 9.17) is 4.74 Å². The minimum Gasteiger partial charge on any atom is -0.444 e. The molecule has 6 aliphatic rings. The van der Waals surface area contributed by atoms with Gasteiger partial charge in [0.25, 0.3) is 5.91 Å². The Hall–Kier alpha value is -3.71. The monoisotopic (exact) mass is 735 g/mol. The smallest absolute Gasteiger partial charge is 0.410 e. The summed E-state index contributed by atoms with van der Waals surface area (Å²) in [6, 6.07) is 4.62. The number of hydrogen-bond acceptors (Lipinski definition) is 8. The predicted octanol–water partition coefficient (Wildman–Crippen LogP) is 4.29. The molecule has 13 heteroatoms. The number of hydrogen-bond donors (Lipinski definition) is 3. The standard InChI is InChI=1S/C39H53N5O7S/c1-3-29-21-39(29,37(47)42-52(49,50)31-18-19-31)41-35(45)33-20-30-23-44(33)36(46)34(27-14-9-6-10-15-27)40-25(2)12-7-4-5-8-13-26-16-11-17-28-22-43(24-32(26)28)38(48)51-30/h3,8,11,13,16-17,25,27,29-31,33-34,40H,1,4-7,9-10,12,14-15,18-24H2,2H3,(H,41,45)(H,42,47)/t25?,29-,30-,33+,34+,39-/m1/s1. The Kier molecular flexibility index (Phi) is 10.5. The van der Waals surface area contributed by atoms with Crippen LogP contribution in [-0.4, -0.2) is 83.6 Å². The number of sulfonamides is 1. The molecule has 3 heterocycles. The minimum atomic E-state index is -3.86. The van der Waals surface area contributed by atoms with E-state index in [1.807, 2.05) is 12.1 Å². The molecular formula is C39H53N5O7S. The maximum absolute atomic E-state index is 14.8. The van der Waals surface area contributed by atoms with Crippen LogP contribution in [0.1, 0.15) is 107 Å². The van der Waals surface area contributed by atoms with E-state index in [-0.39, 0.29) is 37.3 Å². The van der Waals surface area contributed by atoms with Gasteiger partial charge in [0.15, 0.2) is 0 Å². The van der Waals surface area contributed by atoms with Crippen LogP contribution < -0.4 is 15.4 Å². The molecule has 3 aliphatic carbocycles. The van der Waals surface area contributed by atoms with Crippen LogP contribution in [0.5, 0.6) is 0 Å². The van der Waals surface area contributed by atoms with E-state index in [1.165, 1.54) is 0 Å². The van der Waals surface area contributed by atoms with Gasteiger partial charge in [-0.15, -0.1) is 6.58 Å². The van der Waals surface area contributed by atoms with E-state index in [1.54, 1.807) is 15.9 Å². The van der Waals surface area contributed by atoms with Crippen molar-refractivity contribution >= 4 is 39.9 Å². The van der Waals surface area contributed by atoms with Crippen molar-refractivity contribution in [3.05, 3.63) is 53.6 Å². The van der Waals surface area contributed by atoms with Gasteiger partial charge >= 0.3 is 6.09 Å². The maximum atomic E-state index is 14.8. The molecule has 4 fully saturated rings. The van der Waals surface area contributed by atoms with E-state index >= 15 is 0 Å². The number of rotatable bonds is 7. The second-order valence-corrected chi connectivity index (χ2v) is 17.9. The lowest BCUT2D eigenvalue weighted by Crippen LogP contribution is -2.59. The molecule has 282 valence electrons. The van der Waals surface area contributed by atoms with E-state index in [2.05, 4.69) is 47.1 Å². The number of nitrogens with zero attached hydrogens (tertiary/aromatic N) is 2. The molecule has 7 rings (SSSR count). The van der Waals surface area contributed by atoms with Gasteiger partial charge in [0.2, 0.25) is 21.8 Å². The average molecular weight is 736 g/mol. The molecule has 4 amide bonds. The van der Waals surface area contributed by atoms with Crippen molar-refractivity contribution in [2.75, 3.05) is 6.54 Å². The quantitative estimate of drug-likeness (QED) is 0.351. The molecule has 1 unspecified atom stereocenters. The SMILES string of the molecule is C=C[C@@H]1C[C@]1(NC(=O)[C@@H]1C[C@@H]2CN1C(=O)[C@H](C1CCCCC1)NC(C)CCCCC=Cc1cccc3c1CN(C3)C(=O)O2)C(=O)NS(=O)(=O)C1CC1. The van der Waals surface area contributed by atoms with Gasteiger partial charge in [0.1, 0.15) is 17.7 Å². The fraction of sp³-hybridized carbons (Fsp3) is 0.641. The number of allylic oxidation sites excluding steroid dienone is 1. The highest BCUT2D eigenvalue weighted by Crippen LogP contribution is 2.45. The molecule has 1 aromatic carbocycles. The molecule has 0 spiro atoms. The Morgan fingerprint density at radius 2 is 1.81 bits per heavy atom. The van der Waals surface area contributed by atoms with Crippen LogP contribution in [0.25, 0.3) is 6.08 Å². The maximum Gasteiger partial charge on any atom is 0.410 e. The number of nitrogens with one attached hydrogen (secondary N) is 3. The first kappa shape index (κ1) is 36.6. The summed E-state index contributed by atoms with van der Waals surface area (Å²) in [6.07, 6.45) is 14.7. The van der Waals surface area contributed by atoms with Crippen molar-refractivity contribution in [3.8, 4) is 0 Å². The van der Waals surface area contributed by atoms with E-state index < -0.39 is 62.8 Å². The number of carbonyl (C=O) groups excluding carboxylic acids is 4. The van der Waals surface area contributed by atoms with Crippen LogP contribution in [-0.2, 0) is 42.2 Å². The third-order valence-corrected chi connectivity index (χ3v) is 13.9. The molecule has 3 saturated carbocycles. The van der Waals surface area contributed by atoms with Crippen LogP contribution in [0.15, 0.2) is 36.9 Å². The lowest BCUT2D eigenvalue weighted by atomic mass is 9.82. The first-order chi connectivity index (χ1) is 25.0. The highest BCUT2D eigenvalue weighted by molar-refractivity contribution is 7.91. The Morgan fingerprint density at radius 3 is 2.54 bits per heavy atom. The zero-order chi connectivity index (χ0) is 36.6. The van der Waals surface area contributed by atoms with Crippen molar-refractivity contribution in [2.45, 2.75) is 139 Å². The van der Waals surface area contributed by atoms with Gasteiger partial charge in [0, 0.05) is 24.9 Å². The van der Waals surface area contributed by atoms with Gasteiger partial charge in [0.05, 0.1) is 24.4 Å². The second-order valence-electron chi connectivity index (χ2n) is 15.9. The second kappa shape index (κ2) is 15.0. The summed E-state index contributed by atoms with van der Waals surface area (Å²) in [5.41, 5.74) is 1.76. The molecule has 3 aliphatic heterocycles. The summed E-state index contributed by atoms with van der Waals surface area (Å²) in [6.45, 7) is 6.77. The summed E-state index contributed by atoms with van der Waals surface area (Å²) >= 11 is 0. The molecule has 1 saturated heterocycles. The molecular weight excluding hydrogens is 683 g/mol. The Balaban J connectivity index is 1.16. The zero-order valence-corrected chi connectivity index (χ0v) is 31.0. The van der Waals surface area contributed by atoms with E-state index in [0.717, 1.165) is 74.5 Å². The largest absolute Gasteiger partial charge is 0.444 e. The minimum absolute atomic E-state index is 0.0386. The fourth-order valence-corrected chi connectivity index (χ4v) is 10.1. The van der Waals surface area contributed by atoms with Gasteiger partial charge in [-0.05, 0) is 80.9 Å². The van der Waals surface area contributed by atoms with E-state index in [9.17, 15) is 27.6 Å². The topological polar surface area (TPSA) is 154 Å². The van der Waals surface area contributed by atoms with Crippen LogP contribution >= 0.6 is 0 Å². The summed E-state index contributed by atoms with van der Waals surface area (Å²) in [7, 11) is -3.86. The van der Waals surface area contributed by atoms with Crippen LogP contribution in [0.3, 0.4) is 0 Å². The Labute approximate surface area is 307 Å². The normalized spacial score (nSPS) is 31.6. The average Bonchev–Trinajstić information content (AvgIpc) is 4.02. The number of fused-ring (bicyclic) bond motifs is 3. The molecule has 6 atom stereocenters. The summed E-state index contributed by atoms with van der Waals surface area (Å²) in [4.78, 5) is 59.5. The van der Waals surface area contributed by atoms with Crippen LogP contribution in [0.4, 0.5) is 4.79 Å². The summed E-state index contributed by atoms with van der Waals surface area (Å²) in [5, 5.41) is 5.92. The lowest BCUT2D eigenvalue weighted by molar-refractivity contribution is -0.142. The highest BCUT2D eigenvalue weighted by Gasteiger charge is 2.62. The van der Waals surface area contributed by atoms with Crippen LogP contribution in [0.2, 0.25) is 0 Å². The Bertz CT molecular complexity index is 1720. The molecule has 1 aromatic rings. The van der Waals surface area contributed by atoms with Crippen molar-refractivity contribution in [1.29, 1.82) is 0 Å². The van der Waals surface area contributed by atoms with Gasteiger partial charge in [-0.3, -0.25) is 24.0 Å². The third kappa shape index (κ3) is 7.67. The summed E-state index contributed by atoms with van der Waals surface area (Å²) < 4.78 is 33.7. The molecule has 52 heavy (non-hydrogen) atoms. The van der Waals surface area contributed by atoms with Gasteiger partial charge in [-0.1, -0.05) is 62.1 Å². The fourth-order valence-electron chi connectivity index (χ4n) is 8.71. The molecule has 4 bridgehead atoms. The zero-order valence-electron chi connectivity index (χ0n) is 30.2. The van der Waals surface area contributed by atoms with Crippen molar-refractivity contribution < 1.29 is 32.3 Å². The molecule has 3 N–H and O–H groups in total. The van der Waals surface area contributed by atoms with Crippen molar-refractivity contribution in [1.82, 2.24) is 25.2 Å². The van der Waals surface area contributed by atoms with Gasteiger partial charge in [-0.25, -0.2) is 13.2 Å². The van der Waals surface area contributed by atoms with E-state index in [0.29, 0.717) is 25.9 Å².